The zero-order valence-corrected chi connectivity index (χ0v) is 16.6. The Morgan fingerprint density at radius 2 is 1.87 bits per heavy atom. The average Bonchev–Trinajstić information content (AvgIpc) is 3.16. The zero-order chi connectivity index (χ0) is 21.4. The third-order valence-electron chi connectivity index (χ3n) is 5.26. The summed E-state index contributed by atoms with van der Waals surface area (Å²) in [5.41, 5.74) is 2.34. The number of hydrogen-bond acceptors (Lipinski definition) is 5. The molecule has 4 rings (SSSR count). The van der Waals surface area contributed by atoms with E-state index in [0.717, 1.165) is 11.3 Å². The number of carbonyl (C=O) groups excluding carboxylic acids is 3. The SMILES string of the molecule is CC(=O)N1CCc2cc(C(=O)[C@@H](C)OC(=O)c3cc(=O)[nH]c4ccccc34)ccc21. The lowest BCUT2D eigenvalue weighted by Gasteiger charge is -2.16. The molecule has 1 N–H and O–H groups in total. The van der Waals surface area contributed by atoms with E-state index in [1.165, 1.54) is 19.9 Å². The molecule has 0 saturated heterocycles. The fourth-order valence-corrected chi connectivity index (χ4v) is 3.77. The Morgan fingerprint density at radius 1 is 1.10 bits per heavy atom. The van der Waals surface area contributed by atoms with Crippen LogP contribution < -0.4 is 10.5 Å². The number of amides is 1. The number of carbonyl (C=O) groups is 3. The molecule has 30 heavy (non-hydrogen) atoms. The Labute approximate surface area is 172 Å². The first-order valence-electron chi connectivity index (χ1n) is 9.63. The molecule has 152 valence electrons. The molecule has 0 spiro atoms. The fraction of sp³-hybridized carbons (Fsp3) is 0.217. The molecular weight excluding hydrogens is 384 g/mol. The molecule has 1 amide bonds. The van der Waals surface area contributed by atoms with Crippen LogP contribution in [0.3, 0.4) is 0 Å². The molecule has 1 aromatic heterocycles. The van der Waals surface area contributed by atoms with E-state index in [0.29, 0.717) is 29.4 Å². The van der Waals surface area contributed by atoms with E-state index in [4.69, 9.17) is 4.74 Å². The predicted octanol–water partition coefficient (Wildman–Crippen LogP) is 2.87. The smallest absolute Gasteiger partial charge is 0.339 e. The Bertz CT molecular complexity index is 1240. The third kappa shape index (κ3) is 3.50. The van der Waals surface area contributed by atoms with Gasteiger partial charge in [-0.05, 0) is 43.2 Å². The van der Waals surface area contributed by atoms with Gasteiger partial charge in [-0.15, -0.1) is 0 Å². The summed E-state index contributed by atoms with van der Waals surface area (Å²) < 4.78 is 5.39. The van der Waals surface area contributed by atoms with Crippen LogP contribution in [-0.2, 0) is 16.0 Å². The lowest BCUT2D eigenvalue weighted by atomic mass is 10.0. The Hall–Kier alpha value is -3.74. The summed E-state index contributed by atoms with van der Waals surface area (Å²) >= 11 is 0. The van der Waals surface area contributed by atoms with Crippen LogP contribution in [0.5, 0.6) is 0 Å². The highest BCUT2D eigenvalue weighted by molar-refractivity contribution is 6.06. The average molecular weight is 404 g/mol. The van der Waals surface area contributed by atoms with Crippen LogP contribution in [0, 0.1) is 0 Å². The molecule has 0 unspecified atom stereocenters. The molecule has 7 heteroatoms. The van der Waals surface area contributed by atoms with E-state index in [1.807, 2.05) is 0 Å². The van der Waals surface area contributed by atoms with Crippen molar-refractivity contribution in [3.05, 3.63) is 75.6 Å². The highest BCUT2D eigenvalue weighted by atomic mass is 16.5. The number of anilines is 1. The minimum Gasteiger partial charge on any atom is -0.451 e. The van der Waals surface area contributed by atoms with Crippen LogP contribution >= 0.6 is 0 Å². The van der Waals surface area contributed by atoms with Crippen molar-refractivity contribution in [2.75, 3.05) is 11.4 Å². The Balaban J connectivity index is 1.56. The summed E-state index contributed by atoms with van der Waals surface area (Å²) in [5.74, 6) is -1.12. The van der Waals surface area contributed by atoms with Crippen LogP contribution in [0.25, 0.3) is 10.9 Å². The van der Waals surface area contributed by atoms with Gasteiger partial charge in [0.05, 0.1) is 5.56 Å². The number of Topliss-reactive ketones (excluding diaryl/α,β-unsaturated/α-hetero) is 1. The van der Waals surface area contributed by atoms with Crippen LogP contribution in [0.15, 0.2) is 53.3 Å². The number of benzene rings is 2. The zero-order valence-electron chi connectivity index (χ0n) is 16.6. The summed E-state index contributed by atoms with van der Waals surface area (Å²) in [6.07, 6.45) is -0.359. The Morgan fingerprint density at radius 3 is 2.63 bits per heavy atom. The normalized spacial score (nSPS) is 13.7. The van der Waals surface area contributed by atoms with Gasteiger partial charge in [0.15, 0.2) is 6.10 Å². The number of rotatable bonds is 4. The van der Waals surface area contributed by atoms with Gasteiger partial charge in [0.1, 0.15) is 0 Å². The number of nitrogens with one attached hydrogen (secondary N) is 1. The summed E-state index contributed by atoms with van der Waals surface area (Å²) in [5, 5.41) is 0.545. The van der Waals surface area contributed by atoms with Crippen LogP contribution in [0.1, 0.15) is 40.1 Å². The van der Waals surface area contributed by atoms with Gasteiger partial charge in [0.25, 0.3) is 0 Å². The number of H-pyrrole nitrogens is 1. The van der Waals surface area contributed by atoms with E-state index in [2.05, 4.69) is 4.98 Å². The maximum absolute atomic E-state index is 12.8. The van der Waals surface area contributed by atoms with Crippen molar-refractivity contribution in [1.82, 2.24) is 4.98 Å². The molecule has 0 bridgehead atoms. The Kier molecular flexibility index (Phi) is 4.95. The lowest BCUT2D eigenvalue weighted by molar-refractivity contribution is -0.116. The fourth-order valence-electron chi connectivity index (χ4n) is 3.77. The number of aromatic amines is 1. The minimum absolute atomic E-state index is 0.0415. The number of ether oxygens (including phenoxy) is 1. The van der Waals surface area contributed by atoms with E-state index in [-0.39, 0.29) is 17.3 Å². The predicted molar refractivity (Wildman–Crippen MR) is 112 cm³/mol. The molecule has 0 saturated carbocycles. The number of nitrogens with zero attached hydrogens (tertiary/aromatic N) is 1. The number of hydrogen-bond donors (Lipinski definition) is 1. The minimum atomic E-state index is -1.03. The van der Waals surface area contributed by atoms with Crippen molar-refractivity contribution >= 4 is 34.3 Å². The molecule has 1 atom stereocenters. The topological polar surface area (TPSA) is 96.5 Å². The third-order valence-corrected chi connectivity index (χ3v) is 5.26. The molecule has 1 aliphatic rings. The molecule has 0 fully saturated rings. The van der Waals surface area contributed by atoms with Gasteiger partial charge in [-0.1, -0.05) is 18.2 Å². The van der Waals surface area contributed by atoms with Crippen molar-refractivity contribution < 1.29 is 19.1 Å². The van der Waals surface area contributed by atoms with Gasteiger partial charge >= 0.3 is 5.97 Å². The van der Waals surface area contributed by atoms with Crippen molar-refractivity contribution in [2.24, 2.45) is 0 Å². The van der Waals surface area contributed by atoms with E-state index < -0.39 is 17.6 Å². The second-order valence-electron chi connectivity index (χ2n) is 7.27. The van der Waals surface area contributed by atoms with Crippen LogP contribution in [0.2, 0.25) is 0 Å². The lowest BCUT2D eigenvalue weighted by Crippen LogP contribution is -2.26. The number of ketones is 1. The van der Waals surface area contributed by atoms with Gasteiger partial charge in [0.2, 0.25) is 17.2 Å². The molecule has 3 aromatic rings. The van der Waals surface area contributed by atoms with E-state index in [1.54, 1.807) is 47.4 Å². The molecule has 0 aliphatic carbocycles. The standard InChI is InChI=1S/C23H20N2O5/c1-13(22(28)16-7-8-20-15(11-16)9-10-25(20)14(2)26)30-23(29)18-12-21(27)24-19-6-4-3-5-17(18)19/h3-8,11-13H,9-10H2,1-2H3,(H,24,27)/t13-/m1/s1. The quantitative estimate of drug-likeness (QED) is 0.533. The summed E-state index contributed by atoms with van der Waals surface area (Å²) in [4.78, 5) is 53.4. The van der Waals surface area contributed by atoms with Crippen molar-refractivity contribution in [2.45, 2.75) is 26.4 Å². The number of esters is 1. The summed E-state index contributed by atoms with van der Waals surface area (Å²) in [7, 11) is 0. The first-order chi connectivity index (χ1) is 14.3. The van der Waals surface area contributed by atoms with Crippen LogP contribution in [0.4, 0.5) is 5.69 Å². The molecule has 1 aliphatic heterocycles. The second kappa shape index (κ2) is 7.59. The van der Waals surface area contributed by atoms with Crippen molar-refractivity contribution in [3.63, 3.8) is 0 Å². The van der Waals surface area contributed by atoms with Gasteiger partial charge < -0.3 is 14.6 Å². The first kappa shape index (κ1) is 19.6. The summed E-state index contributed by atoms with van der Waals surface area (Å²) in [6.45, 7) is 3.60. The number of pyridine rings is 1. The van der Waals surface area contributed by atoms with E-state index >= 15 is 0 Å². The van der Waals surface area contributed by atoms with E-state index in [9.17, 15) is 19.2 Å². The molecule has 7 nitrogen and oxygen atoms in total. The molecule has 2 aromatic carbocycles. The number of aromatic nitrogens is 1. The number of fused-ring (bicyclic) bond motifs is 2. The maximum atomic E-state index is 12.8. The molecule has 0 radical (unpaired) electrons. The molecular formula is C23H20N2O5. The van der Waals surface area contributed by atoms with Crippen molar-refractivity contribution in [1.29, 1.82) is 0 Å². The monoisotopic (exact) mass is 404 g/mol. The van der Waals surface area contributed by atoms with Crippen molar-refractivity contribution in [3.8, 4) is 0 Å². The largest absolute Gasteiger partial charge is 0.451 e. The van der Waals surface area contributed by atoms with Gasteiger partial charge in [-0.3, -0.25) is 14.4 Å². The summed E-state index contributed by atoms with van der Waals surface area (Å²) in [6, 6.07) is 13.2. The highest BCUT2D eigenvalue weighted by Crippen LogP contribution is 2.29. The maximum Gasteiger partial charge on any atom is 0.339 e. The highest BCUT2D eigenvalue weighted by Gasteiger charge is 2.26. The van der Waals surface area contributed by atoms with Gasteiger partial charge in [-0.25, -0.2) is 4.79 Å². The number of para-hydroxylation sites is 1. The first-order valence-corrected chi connectivity index (χ1v) is 9.63. The van der Waals surface area contributed by atoms with Gasteiger partial charge in [-0.2, -0.15) is 0 Å². The van der Waals surface area contributed by atoms with Gasteiger partial charge in [0, 0.05) is 41.7 Å². The second-order valence-corrected chi connectivity index (χ2v) is 7.27. The van der Waals surface area contributed by atoms with Crippen LogP contribution in [-0.4, -0.2) is 35.3 Å². The molecule has 2 heterocycles.